The average Bonchev–Trinajstić information content (AvgIpc) is 3.35. The van der Waals surface area contributed by atoms with E-state index in [1.807, 2.05) is 29.3 Å². The molecule has 0 radical (unpaired) electrons. The molecule has 1 unspecified atom stereocenters. The fourth-order valence-electron chi connectivity index (χ4n) is 4.10. The zero-order chi connectivity index (χ0) is 16.8. The monoisotopic (exact) mass is 352 g/mol. The number of aromatic nitrogens is 3. The van der Waals surface area contributed by atoms with Crippen LogP contribution in [0.1, 0.15) is 51.1 Å². The molecule has 25 heavy (non-hydrogen) atoms. The molecule has 4 heterocycles. The molecular formula is C19H20N4OS. The Balaban J connectivity index is 1.39. The first-order valence-corrected chi connectivity index (χ1v) is 9.82. The second-order valence-corrected chi connectivity index (χ2v) is 8.13. The van der Waals surface area contributed by atoms with Crippen LogP contribution in [-0.2, 0) is 12.8 Å². The molecule has 1 atom stereocenters. The van der Waals surface area contributed by atoms with Gasteiger partial charge in [0.15, 0.2) is 5.65 Å². The third kappa shape index (κ3) is 2.56. The first-order chi connectivity index (χ1) is 12.3. The van der Waals surface area contributed by atoms with Gasteiger partial charge in [-0.1, -0.05) is 6.07 Å². The maximum absolute atomic E-state index is 13.0. The number of hydrogen-bond donors (Lipinski definition) is 0. The molecule has 2 aliphatic rings. The number of piperidine rings is 1. The zero-order valence-corrected chi connectivity index (χ0v) is 14.8. The molecular weight excluding hydrogens is 332 g/mol. The minimum atomic E-state index is 0.193. The zero-order valence-electron chi connectivity index (χ0n) is 14.0. The van der Waals surface area contributed by atoms with Gasteiger partial charge >= 0.3 is 0 Å². The summed E-state index contributed by atoms with van der Waals surface area (Å²) in [7, 11) is 0. The molecule has 1 amide bonds. The Labute approximate surface area is 150 Å². The van der Waals surface area contributed by atoms with E-state index in [4.69, 9.17) is 0 Å². The fourth-order valence-corrected chi connectivity index (χ4v) is 5.32. The predicted molar refractivity (Wildman–Crippen MR) is 97.2 cm³/mol. The molecule has 1 fully saturated rings. The number of carbonyl (C=O) groups is 1. The van der Waals surface area contributed by atoms with Crippen LogP contribution in [0.4, 0.5) is 0 Å². The van der Waals surface area contributed by atoms with Crippen LogP contribution in [0.25, 0.3) is 5.65 Å². The van der Waals surface area contributed by atoms with Crippen LogP contribution in [0.15, 0.2) is 30.5 Å². The standard InChI is InChI=1S/C19H20N4OS/c24-19(16-11-13-5-3-7-15(13)25-16)22-9-4-6-14(12-22)18-21-20-17-8-1-2-10-23(17)18/h1-2,8,10-11,14H,3-7,9,12H2. The van der Waals surface area contributed by atoms with E-state index in [0.29, 0.717) is 0 Å². The second-order valence-electron chi connectivity index (χ2n) is 6.99. The lowest BCUT2D eigenvalue weighted by atomic mass is 9.97. The third-order valence-electron chi connectivity index (χ3n) is 5.37. The highest BCUT2D eigenvalue weighted by Crippen LogP contribution is 2.33. The lowest BCUT2D eigenvalue weighted by molar-refractivity contribution is 0.0709. The lowest BCUT2D eigenvalue weighted by Gasteiger charge is -2.31. The SMILES string of the molecule is O=C(c1cc2c(s1)CCC2)N1CCCC(c2nnc3ccccn23)C1. The lowest BCUT2D eigenvalue weighted by Crippen LogP contribution is -2.39. The summed E-state index contributed by atoms with van der Waals surface area (Å²) in [6.07, 6.45) is 7.59. The summed E-state index contributed by atoms with van der Waals surface area (Å²) in [5.74, 6) is 1.42. The molecule has 0 aromatic carbocycles. The molecule has 0 spiro atoms. The summed E-state index contributed by atoms with van der Waals surface area (Å²) < 4.78 is 2.05. The Hall–Kier alpha value is -2.21. The van der Waals surface area contributed by atoms with Gasteiger partial charge in [-0.15, -0.1) is 21.5 Å². The molecule has 128 valence electrons. The predicted octanol–water partition coefficient (Wildman–Crippen LogP) is 3.30. The van der Waals surface area contributed by atoms with Gasteiger partial charge < -0.3 is 4.90 Å². The Morgan fingerprint density at radius 2 is 2.16 bits per heavy atom. The van der Waals surface area contributed by atoms with E-state index in [1.165, 1.54) is 16.9 Å². The van der Waals surface area contributed by atoms with E-state index in [9.17, 15) is 4.79 Å². The van der Waals surface area contributed by atoms with Gasteiger partial charge in [-0.3, -0.25) is 9.20 Å². The second kappa shape index (κ2) is 5.95. The number of nitrogens with zero attached hydrogens (tertiary/aromatic N) is 4. The first-order valence-electron chi connectivity index (χ1n) is 9.00. The molecule has 5 nitrogen and oxygen atoms in total. The Kier molecular flexibility index (Phi) is 3.59. The Bertz CT molecular complexity index is 922. The van der Waals surface area contributed by atoms with Gasteiger partial charge in [-0.2, -0.15) is 0 Å². The topological polar surface area (TPSA) is 50.5 Å². The summed E-state index contributed by atoms with van der Waals surface area (Å²) in [6.45, 7) is 1.58. The van der Waals surface area contributed by atoms with Crippen molar-refractivity contribution in [3.63, 3.8) is 0 Å². The van der Waals surface area contributed by atoms with Crippen molar-refractivity contribution in [1.82, 2.24) is 19.5 Å². The highest BCUT2D eigenvalue weighted by atomic mass is 32.1. The summed E-state index contributed by atoms with van der Waals surface area (Å²) in [6, 6.07) is 8.07. The van der Waals surface area contributed by atoms with Crippen LogP contribution in [0.2, 0.25) is 0 Å². The fraction of sp³-hybridized carbons (Fsp3) is 0.421. The van der Waals surface area contributed by atoms with Crippen LogP contribution < -0.4 is 0 Å². The molecule has 5 rings (SSSR count). The van der Waals surface area contributed by atoms with Crippen molar-refractivity contribution in [1.29, 1.82) is 0 Å². The number of aryl methyl sites for hydroxylation is 2. The molecule has 6 heteroatoms. The van der Waals surface area contributed by atoms with E-state index in [-0.39, 0.29) is 11.8 Å². The summed E-state index contributed by atoms with van der Waals surface area (Å²) >= 11 is 1.70. The maximum atomic E-state index is 13.0. The molecule has 1 saturated heterocycles. The maximum Gasteiger partial charge on any atom is 0.263 e. The average molecular weight is 352 g/mol. The number of fused-ring (bicyclic) bond motifs is 2. The van der Waals surface area contributed by atoms with Gasteiger partial charge in [0.25, 0.3) is 5.91 Å². The van der Waals surface area contributed by atoms with Crippen LogP contribution in [0.3, 0.4) is 0 Å². The number of carbonyl (C=O) groups excluding carboxylic acids is 1. The Morgan fingerprint density at radius 1 is 1.20 bits per heavy atom. The third-order valence-corrected chi connectivity index (χ3v) is 6.60. The quantitative estimate of drug-likeness (QED) is 0.711. The van der Waals surface area contributed by atoms with Gasteiger partial charge in [0.1, 0.15) is 5.82 Å². The van der Waals surface area contributed by atoms with E-state index < -0.39 is 0 Å². The molecule has 3 aromatic heterocycles. The smallest absolute Gasteiger partial charge is 0.263 e. The van der Waals surface area contributed by atoms with E-state index in [1.54, 1.807) is 11.3 Å². The highest BCUT2D eigenvalue weighted by molar-refractivity contribution is 7.14. The Morgan fingerprint density at radius 3 is 3.08 bits per heavy atom. The number of thiophene rings is 1. The molecule has 0 bridgehead atoms. The van der Waals surface area contributed by atoms with Gasteiger partial charge in [-0.05, 0) is 55.9 Å². The van der Waals surface area contributed by atoms with Crippen LogP contribution in [0, 0.1) is 0 Å². The van der Waals surface area contributed by atoms with E-state index in [2.05, 4.69) is 20.7 Å². The van der Waals surface area contributed by atoms with Crippen LogP contribution in [-0.4, -0.2) is 38.5 Å². The van der Waals surface area contributed by atoms with Crippen molar-refractivity contribution in [3.8, 4) is 0 Å². The number of amides is 1. The molecule has 1 aliphatic heterocycles. The van der Waals surface area contributed by atoms with Crippen LogP contribution in [0.5, 0.6) is 0 Å². The van der Waals surface area contributed by atoms with Crippen molar-refractivity contribution in [2.45, 2.75) is 38.0 Å². The van der Waals surface area contributed by atoms with E-state index in [0.717, 1.165) is 55.1 Å². The number of likely N-dealkylation sites (tertiary alicyclic amines) is 1. The number of pyridine rings is 1. The van der Waals surface area contributed by atoms with E-state index >= 15 is 0 Å². The molecule has 1 aliphatic carbocycles. The largest absolute Gasteiger partial charge is 0.337 e. The van der Waals surface area contributed by atoms with Gasteiger partial charge in [0.2, 0.25) is 0 Å². The van der Waals surface area contributed by atoms with Crippen molar-refractivity contribution in [2.24, 2.45) is 0 Å². The van der Waals surface area contributed by atoms with Gasteiger partial charge in [0, 0.05) is 30.1 Å². The molecule has 0 N–H and O–H groups in total. The number of rotatable bonds is 2. The van der Waals surface area contributed by atoms with Gasteiger partial charge in [-0.25, -0.2) is 0 Å². The number of hydrogen-bond acceptors (Lipinski definition) is 4. The highest BCUT2D eigenvalue weighted by Gasteiger charge is 2.30. The molecule has 3 aromatic rings. The summed E-state index contributed by atoms with van der Waals surface area (Å²) in [5.41, 5.74) is 2.26. The summed E-state index contributed by atoms with van der Waals surface area (Å²) in [5, 5.41) is 8.67. The van der Waals surface area contributed by atoms with Gasteiger partial charge in [0.05, 0.1) is 4.88 Å². The van der Waals surface area contributed by atoms with Crippen molar-refractivity contribution >= 4 is 22.9 Å². The molecule has 0 saturated carbocycles. The minimum Gasteiger partial charge on any atom is -0.337 e. The van der Waals surface area contributed by atoms with Crippen LogP contribution >= 0.6 is 11.3 Å². The van der Waals surface area contributed by atoms with Crippen molar-refractivity contribution < 1.29 is 4.79 Å². The van der Waals surface area contributed by atoms with Crippen molar-refractivity contribution in [3.05, 3.63) is 51.6 Å². The first kappa shape index (κ1) is 15.1. The normalized spacial score (nSPS) is 20.2. The minimum absolute atomic E-state index is 0.193. The van der Waals surface area contributed by atoms with Crippen molar-refractivity contribution in [2.75, 3.05) is 13.1 Å². The summed E-state index contributed by atoms with van der Waals surface area (Å²) in [4.78, 5) is 17.3.